The zero-order valence-electron chi connectivity index (χ0n) is 7.77. The second-order valence-corrected chi connectivity index (χ2v) is 7.26. The molecule has 1 aromatic rings. The molecule has 4 nitrogen and oxygen atoms in total. The first-order valence-electron chi connectivity index (χ1n) is 3.86. The third kappa shape index (κ3) is 4.67. The van der Waals surface area contributed by atoms with Crippen molar-refractivity contribution in [1.29, 1.82) is 0 Å². The minimum atomic E-state index is -2.93. The van der Waals surface area contributed by atoms with E-state index in [9.17, 15) is 8.42 Å². The minimum Gasteiger partial charge on any atom is -0.229 e. The number of hydrogen-bond acceptors (Lipinski definition) is 5. The van der Waals surface area contributed by atoms with Crippen LogP contribution in [0.5, 0.6) is 0 Å². The lowest BCUT2D eigenvalue weighted by Gasteiger charge is -2.02. The van der Waals surface area contributed by atoms with Crippen molar-refractivity contribution in [1.82, 2.24) is 9.97 Å². The normalized spacial score (nSPS) is 11.7. The Morgan fingerprint density at radius 3 is 2.80 bits per heavy atom. The molecule has 84 valence electrons. The average Bonchev–Trinajstić information content (AvgIpc) is 2.10. The summed E-state index contributed by atoms with van der Waals surface area (Å²) in [6.45, 7) is 0. The number of thioether (sulfide) groups is 1. The van der Waals surface area contributed by atoms with Gasteiger partial charge in [0.25, 0.3) is 0 Å². The Morgan fingerprint density at radius 1 is 1.53 bits per heavy atom. The van der Waals surface area contributed by atoms with Crippen LogP contribution >= 0.6 is 39.3 Å². The average molecular weight is 332 g/mol. The molecule has 1 heterocycles. The lowest BCUT2D eigenvalue weighted by Crippen LogP contribution is -2.05. The van der Waals surface area contributed by atoms with Gasteiger partial charge >= 0.3 is 0 Å². The van der Waals surface area contributed by atoms with Gasteiger partial charge in [0, 0.05) is 12.0 Å². The number of nitrogens with zero attached hydrogens (tertiary/aromatic N) is 2. The molecular weight excluding hydrogens is 324 g/mol. The molecule has 0 atom stereocenters. The van der Waals surface area contributed by atoms with Crippen LogP contribution in [0.2, 0.25) is 5.15 Å². The van der Waals surface area contributed by atoms with Crippen molar-refractivity contribution in [2.75, 3.05) is 17.8 Å². The Balaban J connectivity index is 2.62. The van der Waals surface area contributed by atoms with E-state index < -0.39 is 9.84 Å². The topological polar surface area (TPSA) is 59.9 Å². The number of hydrogen-bond donors (Lipinski definition) is 0. The van der Waals surface area contributed by atoms with Gasteiger partial charge in [0.2, 0.25) is 0 Å². The summed E-state index contributed by atoms with van der Waals surface area (Å²) in [4.78, 5) is 7.76. The summed E-state index contributed by atoms with van der Waals surface area (Å²) in [6, 6.07) is 0. The number of halogens is 2. The van der Waals surface area contributed by atoms with Crippen molar-refractivity contribution in [3.8, 4) is 0 Å². The highest BCUT2D eigenvalue weighted by Gasteiger charge is 2.09. The van der Waals surface area contributed by atoms with Gasteiger partial charge in [-0.05, 0) is 15.9 Å². The molecule has 0 aliphatic rings. The van der Waals surface area contributed by atoms with E-state index in [2.05, 4.69) is 25.9 Å². The second kappa shape index (κ2) is 5.47. The van der Waals surface area contributed by atoms with Crippen molar-refractivity contribution in [3.05, 3.63) is 16.0 Å². The van der Waals surface area contributed by atoms with Gasteiger partial charge in [-0.15, -0.1) is 11.8 Å². The maximum Gasteiger partial charge on any atom is 0.148 e. The summed E-state index contributed by atoms with van der Waals surface area (Å²) >= 11 is 10.3. The molecule has 0 fully saturated rings. The fourth-order valence-electron chi connectivity index (χ4n) is 0.724. The van der Waals surface area contributed by atoms with Crippen LogP contribution in [0.25, 0.3) is 0 Å². The molecule has 0 saturated heterocycles. The van der Waals surface area contributed by atoms with Crippen LogP contribution in [0.4, 0.5) is 0 Å². The summed E-state index contributed by atoms with van der Waals surface area (Å²) in [5, 5.41) is 0.977. The first kappa shape index (κ1) is 13.2. The lowest BCUT2D eigenvalue weighted by atomic mass is 10.7. The summed E-state index contributed by atoms with van der Waals surface area (Å²) in [5.74, 6) is 0.566. The van der Waals surface area contributed by atoms with E-state index in [1.807, 2.05) is 0 Å². The van der Waals surface area contributed by atoms with Crippen LogP contribution in [0, 0.1) is 0 Å². The van der Waals surface area contributed by atoms with Gasteiger partial charge < -0.3 is 0 Å². The van der Waals surface area contributed by atoms with Gasteiger partial charge in [0.15, 0.2) is 0 Å². The molecule has 0 radical (unpaired) electrons. The molecular formula is C7H8BrClN2O2S2. The number of aromatic nitrogens is 2. The van der Waals surface area contributed by atoms with E-state index in [4.69, 9.17) is 11.6 Å². The van der Waals surface area contributed by atoms with Gasteiger partial charge in [-0.25, -0.2) is 18.4 Å². The molecule has 0 saturated carbocycles. The molecule has 0 unspecified atom stereocenters. The summed E-state index contributed by atoms with van der Waals surface area (Å²) < 4.78 is 22.4. The van der Waals surface area contributed by atoms with E-state index in [0.29, 0.717) is 20.4 Å². The van der Waals surface area contributed by atoms with Crippen molar-refractivity contribution in [2.45, 2.75) is 5.03 Å². The van der Waals surface area contributed by atoms with Gasteiger partial charge in [-0.2, -0.15) is 0 Å². The zero-order valence-corrected chi connectivity index (χ0v) is 11.7. The molecule has 1 aromatic heterocycles. The minimum absolute atomic E-state index is 0.117. The quantitative estimate of drug-likeness (QED) is 0.624. The van der Waals surface area contributed by atoms with Crippen LogP contribution in [-0.4, -0.2) is 36.1 Å². The number of rotatable bonds is 4. The van der Waals surface area contributed by atoms with Crippen molar-refractivity contribution in [3.63, 3.8) is 0 Å². The Labute approximate surface area is 106 Å². The lowest BCUT2D eigenvalue weighted by molar-refractivity contribution is 0.603. The Kier molecular flexibility index (Phi) is 4.82. The van der Waals surface area contributed by atoms with Crippen LogP contribution in [-0.2, 0) is 9.84 Å². The van der Waals surface area contributed by atoms with E-state index in [1.54, 1.807) is 0 Å². The maximum atomic E-state index is 10.9. The van der Waals surface area contributed by atoms with Gasteiger partial charge in [-0.3, -0.25) is 0 Å². The zero-order chi connectivity index (χ0) is 11.5. The molecule has 0 aromatic carbocycles. The van der Waals surface area contributed by atoms with E-state index >= 15 is 0 Å². The Morgan fingerprint density at radius 2 is 2.20 bits per heavy atom. The highest BCUT2D eigenvalue weighted by Crippen LogP contribution is 2.29. The van der Waals surface area contributed by atoms with Crippen LogP contribution < -0.4 is 0 Å². The Bertz CT molecular complexity index is 452. The molecule has 0 N–H and O–H groups in total. The smallest absolute Gasteiger partial charge is 0.148 e. The van der Waals surface area contributed by atoms with Gasteiger partial charge in [0.1, 0.15) is 26.3 Å². The van der Waals surface area contributed by atoms with Crippen molar-refractivity contribution in [2.24, 2.45) is 0 Å². The molecule has 0 aliphatic carbocycles. The highest BCUT2D eigenvalue weighted by atomic mass is 79.9. The van der Waals surface area contributed by atoms with Gasteiger partial charge in [0.05, 0.1) is 10.2 Å². The van der Waals surface area contributed by atoms with E-state index in [0.717, 1.165) is 0 Å². The van der Waals surface area contributed by atoms with E-state index in [1.165, 1.54) is 24.3 Å². The summed E-state index contributed by atoms with van der Waals surface area (Å²) in [7, 11) is -2.93. The molecule has 0 bridgehead atoms. The fourth-order valence-corrected chi connectivity index (χ4v) is 3.54. The molecule has 0 spiro atoms. The first-order chi connectivity index (χ1) is 6.90. The number of sulfone groups is 1. The standard InChI is InChI=1S/C7H8BrClN2O2S2/c1-15(12,13)3-2-14-7-5(8)6(9)10-4-11-7/h4H,2-3H2,1H3. The molecule has 1 rings (SSSR count). The maximum absolute atomic E-state index is 10.9. The molecule has 0 amide bonds. The van der Waals surface area contributed by atoms with Crippen LogP contribution in [0.15, 0.2) is 15.8 Å². The predicted molar refractivity (Wildman–Crippen MR) is 65.2 cm³/mol. The second-order valence-electron chi connectivity index (χ2n) is 2.76. The first-order valence-corrected chi connectivity index (χ1v) is 8.08. The van der Waals surface area contributed by atoms with Gasteiger partial charge in [-0.1, -0.05) is 11.6 Å². The molecule has 15 heavy (non-hydrogen) atoms. The highest BCUT2D eigenvalue weighted by molar-refractivity contribution is 9.10. The molecule has 8 heteroatoms. The monoisotopic (exact) mass is 330 g/mol. The third-order valence-electron chi connectivity index (χ3n) is 1.41. The fraction of sp³-hybridized carbons (Fsp3) is 0.429. The van der Waals surface area contributed by atoms with E-state index in [-0.39, 0.29) is 5.75 Å². The van der Waals surface area contributed by atoms with Crippen molar-refractivity contribution >= 4 is 49.1 Å². The summed E-state index contributed by atoms with van der Waals surface area (Å²) in [5.41, 5.74) is 0. The summed E-state index contributed by atoms with van der Waals surface area (Å²) in [6.07, 6.45) is 2.55. The van der Waals surface area contributed by atoms with Crippen LogP contribution in [0.3, 0.4) is 0 Å². The third-order valence-corrected chi connectivity index (χ3v) is 5.13. The molecule has 0 aliphatic heterocycles. The largest absolute Gasteiger partial charge is 0.229 e. The predicted octanol–water partition coefficient (Wildman–Crippen LogP) is 2.03. The SMILES string of the molecule is CS(=O)(=O)CCSc1ncnc(Cl)c1Br. The Hall–Kier alpha value is 0.150. The van der Waals surface area contributed by atoms with Crippen LogP contribution in [0.1, 0.15) is 0 Å². The van der Waals surface area contributed by atoms with Crippen molar-refractivity contribution < 1.29 is 8.42 Å².